The van der Waals surface area contributed by atoms with E-state index < -0.39 is 5.97 Å². The van der Waals surface area contributed by atoms with Crippen molar-refractivity contribution in [1.82, 2.24) is 4.98 Å². The number of aryl methyl sites for hydroxylation is 2. The lowest BCUT2D eigenvalue weighted by Crippen LogP contribution is -2.22. The van der Waals surface area contributed by atoms with Gasteiger partial charge in [0.15, 0.2) is 0 Å². The number of carbonyl (C=O) groups is 1. The average Bonchev–Trinajstić information content (AvgIpc) is 2.76. The average molecular weight is 301 g/mol. The molecule has 0 atom stereocenters. The van der Waals surface area contributed by atoms with Gasteiger partial charge >= 0.3 is 5.97 Å². The molecular weight excluding hydrogens is 282 g/mol. The van der Waals surface area contributed by atoms with Crippen LogP contribution in [0.15, 0.2) is 18.3 Å². The molecule has 0 bridgehead atoms. The predicted molar refractivity (Wildman–Crippen MR) is 85.1 cm³/mol. The molecule has 21 heavy (non-hydrogen) atoms. The summed E-state index contributed by atoms with van der Waals surface area (Å²) < 4.78 is 0. The number of fused-ring (bicyclic) bond motifs is 1. The number of thiophene rings is 1. The van der Waals surface area contributed by atoms with Crippen LogP contribution in [0.25, 0.3) is 10.4 Å². The lowest BCUT2D eigenvalue weighted by molar-refractivity contribution is 0.0696. The molecule has 1 aliphatic carbocycles. The lowest BCUT2D eigenvalue weighted by Gasteiger charge is -2.29. The van der Waals surface area contributed by atoms with Crippen molar-refractivity contribution >= 4 is 17.3 Å². The first-order valence-electron chi connectivity index (χ1n) is 7.18. The summed E-state index contributed by atoms with van der Waals surface area (Å²) in [4.78, 5) is 18.2. The van der Waals surface area contributed by atoms with E-state index in [-0.39, 0.29) is 5.41 Å². The van der Waals surface area contributed by atoms with Gasteiger partial charge in [0.05, 0.1) is 10.4 Å². The van der Waals surface area contributed by atoms with Crippen molar-refractivity contribution in [1.29, 1.82) is 0 Å². The van der Waals surface area contributed by atoms with E-state index in [0.29, 0.717) is 5.56 Å². The van der Waals surface area contributed by atoms with E-state index in [0.717, 1.165) is 41.0 Å². The topological polar surface area (TPSA) is 50.2 Å². The zero-order valence-corrected chi connectivity index (χ0v) is 13.4. The zero-order valence-electron chi connectivity index (χ0n) is 12.6. The van der Waals surface area contributed by atoms with E-state index in [9.17, 15) is 9.90 Å². The molecule has 3 nitrogen and oxygen atoms in total. The molecular formula is C17H19NO2S. The fraction of sp³-hybridized carbons (Fsp3) is 0.412. The smallest absolute Gasteiger partial charge is 0.337 e. The molecule has 2 aromatic rings. The van der Waals surface area contributed by atoms with Crippen molar-refractivity contribution in [3.8, 4) is 10.4 Å². The first kappa shape index (κ1) is 14.3. The molecule has 1 aliphatic rings. The van der Waals surface area contributed by atoms with Gasteiger partial charge in [-0.2, -0.15) is 0 Å². The van der Waals surface area contributed by atoms with Crippen molar-refractivity contribution < 1.29 is 9.90 Å². The van der Waals surface area contributed by atoms with E-state index in [1.165, 1.54) is 4.88 Å². The van der Waals surface area contributed by atoms with Gasteiger partial charge in [0.1, 0.15) is 0 Å². The third kappa shape index (κ3) is 2.60. The summed E-state index contributed by atoms with van der Waals surface area (Å²) in [5.74, 6) is -0.819. The largest absolute Gasteiger partial charge is 0.478 e. The molecule has 0 spiro atoms. The highest BCUT2D eigenvalue weighted by molar-refractivity contribution is 7.16. The van der Waals surface area contributed by atoms with E-state index in [2.05, 4.69) is 18.8 Å². The molecule has 0 aromatic carbocycles. The highest BCUT2D eigenvalue weighted by Gasteiger charge is 2.32. The molecule has 2 aromatic heterocycles. The van der Waals surface area contributed by atoms with Crippen LogP contribution in [0.1, 0.15) is 46.8 Å². The Kier molecular flexibility index (Phi) is 3.36. The predicted octanol–water partition coefficient (Wildman–Crippen LogP) is 4.33. The number of carboxylic acids is 1. The Balaban J connectivity index is 2.16. The van der Waals surface area contributed by atoms with E-state index in [4.69, 9.17) is 0 Å². The summed E-state index contributed by atoms with van der Waals surface area (Å²) in [6, 6.07) is 3.90. The van der Waals surface area contributed by atoms with Gasteiger partial charge in [-0.1, -0.05) is 19.9 Å². The van der Waals surface area contributed by atoms with Crippen molar-refractivity contribution in [2.45, 2.75) is 40.0 Å². The second-order valence-electron chi connectivity index (χ2n) is 6.54. The highest BCUT2D eigenvalue weighted by atomic mass is 32.1. The number of aromatic carboxylic acids is 1. The third-order valence-electron chi connectivity index (χ3n) is 4.16. The molecule has 0 radical (unpaired) electrons. The van der Waals surface area contributed by atoms with Crippen molar-refractivity contribution in [2.24, 2.45) is 5.41 Å². The molecule has 0 amide bonds. The fourth-order valence-corrected chi connectivity index (χ4v) is 4.25. The van der Waals surface area contributed by atoms with Crippen LogP contribution in [0.4, 0.5) is 0 Å². The normalized spacial score (nSPS) is 16.5. The Morgan fingerprint density at radius 3 is 2.76 bits per heavy atom. The summed E-state index contributed by atoms with van der Waals surface area (Å²) >= 11 is 1.63. The lowest BCUT2D eigenvalue weighted by atomic mass is 9.76. The second-order valence-corrected chi connectivity index (χ2v) is 7.65. The summed E-state index contributed by atoms with van der Waals surface area (Å²) in [5.41, 5.74) is 3.57. The number of nitrogens with zero attached hydrogens (tertiary/aromatic N) is 1. The van der Waals surface area contributed by atoms with Crippen LogP contribution in [-0.2, 0) is 12.8 Å². The van der Waals surface area contributed by atoms with Gasteiger partial charge in [-0.15, -0.1) is 11.3 Å². The number of hydrogen-bond acceptors (Lipinski definition) is 3. The minimum Gasteiger partial charge on any atom is -0.478 e. The first-order chi connectivity index (χ1) is 9.87. The SMILES string of the molecule is Cc1ccc(-c2sc3c(c2C(=O)O)CC(C)(C)CC3)cn1. The van der Waals surface area contributed by atoms with Crippen LogP contribution in [0.5, 0.6) is 0 Å². The maximum atomic E-state index is 11.8. The molecule has 0 unspecified atom stereocenters. The summed E-state index contributed by atoms with van der Waals surface area (Å²) in [7, 11) is 0. The van der Waals surface area contributed by atoms with Gasteiger partial charge in [-0.25, -0.2) is 4.79 Å². The Bertz CT molecular complexity index is 698. The van der Waals surface area contributed by atoms with Crippen molar-refractivity contribution in [3.63, 3.8) is 0 Å². The molecule has 0 saturated carbocycles. The maximum Gasteiger partial charge on any atom is 0.337 e. The van der Waals surface area contributed by atoms with Crippen molar-refractivity contribution in [3.05, 3.63) is 40.0 Å². The number of rotatable bonds is 2. The number of carboxylic acid groups (broad SMARTS) is 1. The number of aromatic nitrogens is 1. The maximum absolute atomic E-state index is 11.8. The molecule has 0 fully saturated rings. The van der Waals surface area contributed by atoms with Gasteiger partial charge in [0, 0.05) is 22.3 Å². The Morgan fingerprint density at radius 1 is 1.38 bits per heavy atom. The Hall–Kier alpha value is -1.68. The number of hydrogen-bond donors (Lipinski definition) is 1. The summed E-state index contributed by atoms with van der Waals surface area (Å²) in [6.07, 6.45) is 4.72. The molecule has 110 valence electrons. The van der Waals surface area contributed by atoms with Crippen LogP contribution in [-0.4, -0.2) is 16.1 Å². The molecule has 3 rings (SSSR count). The standard InChI is InChI=1S/C17H19NO2S/c1-10-4-5-11(9-18-10)15-14(16(19)20)12-8-17(2,3)7-6-13(12)21-15/h4-5,9H,6-8H2,1-3H3,(H,19,20). The monoisotopic (exact) mass is 301 g/mol. The van der Waals surface area contributed by atoms with E-state index >= 15 is 0 Å². The van der Waals surface area contributed by atoms with Gasteiger partial charge in [0.25, 0.3) is 0 Å². The van der Waals surface area contributed by atoms with E-state index in [1.54, 1.807) is 17.5 Å². The van der Waals surface area contributed by atoms with Gasteiger partial charge in [-0.05, 0) is 43.2 Å². The third-order valence-corrected chi connectivity index (χ3v) is 5.50. The van der Waals surface area contributed by atoms with Gasteiger partial charge in [-0.3, -0.25) is 4.98 Å². The minimum absolute atomic E-state index is 0.182. The Labute approximate surface area is 128 Å². The van der Waals surface area contributed by atoms with Crippen LogP contribution < -0.4 is 0 Å². The van der Waals surface area contributed by atoms with Crippen LogP contribution in [0, 0.1) is 12.3 Å². The molecule has 1 N–H and O–H groups in total. The molecule has 2 heterocycles. The van der Waals surface area contributed by atoms with Crippen LogP contribution >= 0.6 is 11.3 Å². The van der Waals surface area contributed by atoms with Crippen LogP contribution in [0.3, 0.4) is 0 Å². The molecule has 0 saturated heterocycles. The zero-order chi connectivity index (χ0) is 15.2. The van der Waals surface area contributed by atoms with Crippen LogP contribution in [0.2, 0.25) is 0 Å². The van der Waals surface area contributed by atoms with E-state index in [1.807, 2.05) is 19.1 Å². The highest BCUT2D eigenvalue weighted by Crippen LogP contribution is 2.44. The molecule has 4 heteroatoms. The van der Waals surface area contributed by atoms with Crippen molar-refractivity contribution in [2.75, 3.05) is 0 Å². The number of pyridine rings is 1. The minimum atomic E-state index is -0.819. The fourth-order valence-electron chi connectivity index (χ4n) is 2.95. The second kappa shape index (κ2) is 4.95. The van der Waals surface area contributed by atoms with Gasteiger partial charge in [0.2, 0.25) is 0 Å². The molecule has 0 aliphatic heterocycles. The summed E-state index contributed by atoms with van der Waals surface area (Å²) in [6.45, 7) is 6.36. The van der Waals surface area contributed by atoms with Gasteiger partial charge < -0.3 is 5.11 Å². The first-order valence-corrected chi connectivity index (χ1v) is 8.00. The Morgan fingerprint density at radius 2 is 2.14 bits per heavy atom. The summed E-state index contributed by atoms with van der Waals surface area (Å²) in [5, 5.41) is 9.68. The quantitative estimate of drug-likeness (QED) is 0.898.